The number of fused-ring (bicyclic) bond motifs is 1. The van der Waals surface area contributed by atoms with Crippen molar-refractivity contribution in [2.75, 3.05) is 19.1 Å². The number of nitrogens with zero attached hydrogens (tertiary/aromatic N) is 1. The van der Waals surface area contributed by atoms with Crippen molar-refractivity contribution in [3.63, 3.8) is 0 Å². The molecule has 0 radical (unpaired) electrons. The lowest BCUT2D eigenvalue weighted by Crippen LogP contribution is -2.19. The van der Waals surface area contributed by atoms with Crippen molar-refractivity contribution in [2.45, 2.75) is 0 Å². The number of amides is 1. The van der Waals surface area contributed by atoms with Crippen molar-refractivity contribution in [2.24, 2.45) is 5.16 Å². The molecular formula is C15H16N2O3S. The van der Waals surface area contributed by atoms with Crippen LogP contribution in [-0.2, 0) is 15.6 Å². The van der Waals surface area contributed by atoms with E-state index in [-0.39, 0.29) is 5.75 Å². The van der Waals surface area contributed by atoms with Crippen LogP contribution in [0.3, 0.4) is 0 Å². The van der Waals surface area contributed by atoms with E-state index in [1.807, 2.05) is 42.5 Å². The summed E-state index contributed by atoms with van der Waals surface area (Å²) in [4.78, 5) is 15.9. The molecule has 2 rings (SSSR count). The lowest BCUT2D eigenvalue weighted by Gasteiger charge is -2.06. The summed E-state index contributed by atoms with van der Waals surface area (Å²) in [6, 6.07) is 13.7. The molecule has 5 nitrogen and oxygen atoms in total. The molecule has 110 valence electrons. The van der Waals surface area contributed by atoms with E-state index in [9.17, 15) is 9.00 Å². The van der Waals surface area contributed by atoms with E-state index in [0.717, 1.165) is 16.3 Å². The number of hydrogen-bond donors (Lipinski definition) is 1. The normalized spacial score (nSPS) is 13.0. The third-order valence-electron chi connectivity index (χ3n) is 2.87. The minimum absolute atomic E-state index is 0.218. The lowest BCUT2D eigenvalue weighted by molar-refractivity contribution is 0.153. The molecular weight excluding hydrogens is 288 g/mol. The monoisotopic (exact) mass is 304 g/mol. The largest absolute Gasteiger partial charge is 0.433 e. The number of rotatable bonds is 4. The van der Waals surface area contributed by atoms with Gasteiger partial charge in [0.15, 0.2) is 0 Å². The number of nitrogens with one attached hydrogen (secondary N) is 1. The van der Waals surface area contributed by atoms with E-state index >= 15 is 0 Å². The van der Waals surface area contributed by atoms with Crippen LogP contribution in [-0.4, -0.2) is 35.1 Å². The van der Waals surface area contributed by atoms with Crippen molar-refractivity contribution in [1.82, 2.24) is 5.32 Å². The maximum Gasteiger partial charge on any atom is 0.433 e. The van der Waals surface area contributed by atoms with Crippen molar-refractivity contribution < 1.29 is 13.8 Å². The number of carbonyl (C=O) groups is 1. The Hall–Kier alpha value is -2.21. The molecule has 2 aromatic rings. The number of benzene rings is 2. The molecule has 2 aromatic carbocycles. The molecule has 0 fully saturated rings. The van der Waals surface area contributed by atoms with Crippen molar-refractivity contribution >= 4 is 33.4 Å². The minimum Gasteiger partial charge on any atom is -0.323 e. The summed E-state index contributed by atoms with van der Waals surface area (Å²) in [6.45, 7) is 0. The van der Waals surface area contributed by atoms with E-state index < -0.39 is 16.9 Å². The van der Waals surface area contributed by atoms with Gasteiger partial charge >= 0.3 is 6.09 Å². The Morgan fingerprint density at radius 1 is 1.24 bits per heavy atom. The zero-order valence-corrected chi connectivity index (χ0v) is 12.6. The second-order valence-electron chi connectivity index (χ2n) is 4.45. The van der Waals surface area contributed by atoms with Gasteiger partial charge in [0.05, 0.1) is 5.75 Å². The molecule has 1 atom stereocenters. The molecule has 1 N–H and O–H groups in total. The van der Waals surface area contributed by atoms with Crippen LogP contribution in [0.25, 0.3) is 10.8 Å². The van der Waals surface area contributed by atoms with E-state index in [1.54, 1.807) is 6.26 Å². The molecule has 0 heterocycles. The summed E-state index contributed by atoms with van der Waals surface area (Å²) in [6.07, 6.45) is 0.923. The van der Waals surface area contributed by atoms with Crippen molar-refractivity contribution in [3.05, 3.63) is 48.0 Å². The van der Waals surface area contributed by atoms with Crippen LogP contribution in [0.4, 0.5) is 4.79 Å². The van der Waals surface area contributed by atoms with Gasteiger partial charge in [0, 0.05) is 29.7 Å². The Morgan fingerprint density at radius 3 is 2.62 bits per heavy atom. The van der Waals surface area contributed by atoms with Gasteiger partial charge in [0.1, 0.15) is 5.71 Å². The zero-order chi connectivity index (χ0) is 15.2. The molecule has 0 bridgehead atoms. The standard InChI is InChI=1S/C15H16N2O3S/c1-16-15(18)20-17-14(10-21(2)19)13-8-7-11-5-3-4-6-12(11)9-13/h3-9H,10H2,1-2H3,(H,16,18)/b17-14+. The Kier molecular flexibility index (Phi) is 5.05. The molecule has 0 aliphatic heterocycles. The highest BCUT2D eigenvalue weighted by molar-refractivity contribution is 7.85. The summed E-state index contributed by atoms with van der Waals surface area (Å²) < 4.78 is 11.5. The summed E-state index contributed by atoms with van der Waals surface area (Å²) in [5, 5.41) is 8.28. The first-order chi connectivity index (χ1) is 10.1. The van der Waals surface area contributed by atoms with E-state index in [2.05, 4.69) is 10.5 Å². The van der Waals surface area contributed by atoms with Crippen LogP contribution in [0.5, 0.6) is 0 Å². The van der Waals surface area contributed by atoms with Crippen molar-refractivity contribution in [1.29, 1.82) is 0 Å². The van der Waals surface area contributed by atoms with Gasteiger partial charge in [-0.1, -0.05) is 41.6 Å². The fraction of sp³-hybridized carbons (Fsp3) is 0.200. The Balaban J connectivity index is 2.37. The molecule has 0 saturated heterocycles. The average molecular weight is 304 g/mol. The lowest BCUT2D eigenvalue weighted by atomic mass is 10.0. The molecule has 0 saturated carbocycles. The summed E-state index contributed by atoms with van der Waals surface area (Å²) in [5.41, 5.74) is 1.26. The van der Waals surface area contributed by atoms with Gasteiger partial charge in [-0.25, -0.2) is 4.79 Å². The average Bonchev–Trinajstić information content (AvgIpc) is 2.50. The first kappa shape index (κ1) is 15.2. The van der Waals surface area contributed by atoms with Crippen LogP contribution in [0, 0.1) is 0 Å². The number of carbonyl (C=O) groups excluding carboxylic acids is 1. The van der Waals surface area contributed by atoms with Crippen LogP contribution in [0.15, 0.2) is 47.6 Å². The van der Waals surface area contributed by atoms with Gasteiger partial charge in [0.2, 0.25) is 0 Å². The van der Waals surface area contributed by atoms with Gasteiger partial charge in [-0.05, 0) is 16.8 Å². The first-order valence-corrected chi connectivity index (χ1v) is 8.07. The maximum absolute atomic E-state index is 11.5. The first-order valence-electron chi connectivity index (χ1n) is 6.35. The summed E-state index contributed by atoms with van der Waals surface area (Å²) >= 11 is 0. The molecule has 1 unspecified atom stereocenters. The minimum atomic E-state index is -1.09. The van der Waals surface area contributed by atoms with Crippen LogP contribution >= 0.6 is 0 Å². The van der Waals surface area contributed by atoms with Gasteiger partial charge in [-0.2, -0.15) is 0 Å². The molecule has 0 spiro atoms. The molecule has 1 amide bonds. The molecule has 6 heteroatoms. The zero-order valence-electron chi connectivity index (χ0n) is 11.8. The fourth-order valence-electron chi connectivity index (χ4n) is 1.87. The highest BCUT2D eigenvalue weighted by Crippen LogP contribution is 2.16. The topological polar surface area (TPSA) is 67.8 Å². The number of hydrogen-bond acceptors (Lipinski definition) is 4. The van der Waals surface area contributed by atoms with E-state index in [1.165, 1.54) is 7.05 Å². The second kappa shape index (κ2) is 6.99. The molecule has 0 aromatic heterocycles. The number of oxime groups is 1. The fourth-order valence-corrected chi connectivity index (χ4v) is 2.47. The van der Waals surface area contributed by atoms with Gasteiger partial charge < -0.3 is 5.32 Å². The third kappa shape index (κ3) is 4.13. The van der Waals surface area contributed by atoms with Crippen molar-refractivity contribution in [3.8, 4) is 0 Å². The van der Waals surface area contributed by atoms with Gasteiger partial charge in [0.25, 0.3) is 0 Å². The Morgan fingerprint density at radius 2 is 1.95 bits per heavy atom. The molecule has 0 aliphatic rings. The van der Waals surface area contributed by atoms with Crippen LogP contribution in [0.1, 0.15) is 5.56 Å². The van der Waals surface area contributed by atoms with E-state index in [4.69, 9.17) is 4.84 Å². The van der Waals surface area contributed by atoms with Crippen LogP contribution < -0.4 is 5.32 Å². The summed E-state index contributed by atoms with van der Waals surface area (Å²) in [5.74, 6) is 0.218. The third-order valence-corrected chi connectivity index (χ3v) is 3.55. The highest BCUT2D eigenvalue weighted by atomic mass is 32.2. The SMILES string of the molecule is CNC(=O)O/N=C(\CS(C)=O)c1ccc2ccccc2c1. The summed E-state index contributed by atoms with van der Waals surface area (Å²) in [7, 11) is 0.361. The smallest absolute Gasteiger partial charge is 0.323 e. The van der Waals surface area contributed by atoms with Gasteiger partial charge in [-0.15, -0.1) is 0 Å². The maximum atomic E-state index is 11.5. The Labute approximate surface area is 125 Å². The van der Waals surface area contributed by atoms with Crippen LogP contribution in [0.2, 0.25) is 0 Å². The van der Waals surface area contributed by atoms with Gasteiger partial charge in [-0.3, -0.25) is 9.05 Å². The second-order valence-corrected chi connectivity index (χ2v) is 5.88. The molecule has 21 heavy (non-hydrogen) atoms. The predicted molar refractivity (Wildman–Crippen MR) is 85.0 cm³/mol. The van der Waals surface area contributed by atoms with E-state index in [0.29, 0.717) is 5.71 Å². The molecule has 0 aliphatic carbocycles. The quantitative estimate of drug-likeness (QED) is 0.535. The Bertz CT molecular complexity index is 713. The highest BCUT2D eigenvalue weighted by Gasteiger charge is 2.09. The predicted octanol–water partition coefficient (Wildman–Crippen LogP) is 2.28.